The van der Waals surface area contributed by atoms with E-state index in [-0.39, 0.29) is 22.8 Å². The van der Waals surface area contributed by atoms with E-state index >= 15 is 0 Å². The second-order valence-electron chi connectivity index (χ2n) is 6.47. The van der Waals surface area contributed by atoms with Gasteiger partial charge in [0, 0.05) is 5.56 Å². The Morgan fingerprint density at radius 1 is 1.35 bits per heavy atom. The van der Waals surface area contributed by atoms with Gasteiger partial charge in [-0.3, -0.25) is 0 Å². The standard InChI is InChI=1S/C18H21NO6S/c1-10-6-15(24-3)16(12-4-5-12)11(2)17(10)26(22,23)19-8-14-7-13(9-25-14)18(20)21/h6-7,9,12,19H,4-5,8H2,1-3H3,(H,20,21). The lowest BCUT2D eigenvalue weighted by Crippen LogP contribution is -2.25. The molecule has 2 aromatic rings. The molecule has 3 rings (SSSR count). The van der Waals surface area contributed by atoms with Crippen molar-refractivity contribution >= 4 is 16.0 Å². The number of hydrogen-bond acceptors (Lipinski definition) is 5. The van der Waals surface area contributed by atoms with E-state index in [2.05, 4.69) is 4.72 Å². The highest BCUT2D eigenvalue weighted by Gasteiger charge is 2.32. The molecule has 1 aliphatic rings. The van der Waals surface area contributed by atoms with Crippen LogP contribution < -0.4 is 9.46 Å². The Hall–Kier alpha value is -2.32. The van der Waals surface area contributed by atoms with Gasteiger partial charge in [0.25, 0.3) is 0 Å². The number of nitrogens with one attached hydrogen (secondary N) is 1. The summed E-state index contributed by atoms with van der Waals surface area (Å²) in [7, 11) is -2.21. The lowest BCUT2D eigenvalue weighted by Gasteiger charge is -2.18. The van der Waals surface area contributed by atoms with Gasteiger partial charge in [-0.15, -0.1) is 0 Å². The van der Waals surface area contributed by atoms with E-state index in [1.807, 2.05) is 0 Å². The molecule has 0 radical (unpaired) electrons. The van der Waals surface area contributed by atoms with E-state index < -0.39 is 16.0 Å². The first-order chi connectivity index (χ1) is 12.2. The zero-order chi connectivity index (χ0) is 19.1. The van der Waals surface area contributed by atoms with Gasteiger partial charge in [-0.2, -0.15) is 0 Å². The number of aromatic carboxylic acids is 1. The van der Waals surface area contributed by atoms with Crippen LogP contribution in [0.3, 0.4) is 0 Å². The molecule has 1 saturated carbocycles. The summed E-state index contributed by atoms with van der Waals surface area (Å²) in [6, 6.07) is 3.05. The lowest BCUT2D eigenvalue weighted by molar-refractivity contribution is 0.0696. The molecule has 1 aliphatic carbocycles. The molecule has 0 spiro atoms. The van der Waals surface area contributed by atoms with Crippen LogP contribution in [0.1, 0.15) is 51.6 Å². The molecule has 140 valence electrons. The fourth-order valence-electron chi connectivity index (χ4n) is 3.23. The molecule has 1 fully saturated rings. The molecule has 0 saturated heterocycles. The molecule has 1 heterocycles. The van der Waals surface area contributed by atoms with Gasteiger partial charge in [0.1, 0.15) is 17.8 Å². The molecule has 0 atom stereocenters. The number of rotatable bonds is 7. The Morgan fingerprint density at radius 2 is 2.04 bits per heavy atom. The highest BCUT2D eigenvalue weighted by atomic mass is 32.2. The summed E-state index contributed by atoms with van der Waals surface area (Å²) in [5.74, 6) is 0.164. The largest absolute Gasteiger partial charge is 0.496 e. The third kappa shape index (κ3) is 3.47. The van der Waals surface area contributed by atoms with Crippen molar-refractivity contribution in [1.29, 1.82) is 0 Å². The van der Waals surface area contributed by atoms with Crippen LogP contribution in [0.4, 0.5) is 0 Å². The number of carboxylic acid groups (broad SMARTS) is 1. The predicted octanol–water partition coefficient (Wildman–Crippen LogP) is 2.96. The molecule has 2 N–H and O–H groups in total. The summed E-state index contributed by atoms with van der Waals surface area (Å²) in [6.45, 7) is 3.41. The maximum absolute atomic E-state index is 12.9. The topological polar surface area (TPSA) is 106 Å². The molecule has 0 bridgehead atoms. The summed E-state index contributed by atoms with van der Waals surface area (Å²) < 4.78 is 38.8. The van der Waals surface area contributed by atoms with Gasteiger partial charge in [-0.05, 0) is 55.9 Å². The number of carboxylic acids is 1. The molecule has 26 heavy (non-hydrogen) atoms. The van der Waals surface area contributed by atoms with E-state index in [0.29, 0.717) is 17.0 Å². The van der Waals surface area contributed by atoms with Crippen LogP contribution >= 0.6 is 0 Å². The summed E-state index contributed by atoms with van der Waals surface area (Å²) >= 11 is 0. The Balaban J connectivity index is 1.91. The zero-order valence-electron chi connectivity index (χ0n) is 14.8. The summed E-state index contributed by atoms with van der Waals surface area (Å²) in [5.41, 5.74) is 2.22. The number of furan rings is 1. The number of carbonyl (C=O) groups is 1. The Morgan fingerprint density at radius 3 is 2.58 bits per heavy atom. The number of hydrogen-bond donors (Lipinski definition) is 2. The number of benzene rings is 1. The quantitative estimate of drug-likeness (QED) is 0.766. The molecule has 8 heteroatoms. The van der Waals surface area contributed by atoms with Gasteiger partial charge in [0.15, 0.2) is 0 Å². The van der Waals surface area contributed by atoms with E-state index in [0.717, 1.165) is 30.4 Å². The Bertz CT molecular complexity index is 956. The van der Waals surface area contributed by atoms with Crippen LogP contribution in [0.2, 0.25) is 0 Å². The number of sulfonamides is 1. The summed E-state index contributed by atoms with van der Waals surface area (Å²) in [5, 5.41) is 8.90. The third-order valence-corrected chi connectivity index (χ3v) is 6.22. The first-order valence-corrected chi connectivity index (χ1v) is 9.71. The summed E-state index contributed by atoms with van der Waals surface area (Å²) in [6.07, 6.45) is 3.14. The van der Waals surface area contributed by atoms with Gasteiger partial charge in [-0.25, -0.2) is 17.9 Å². The molecule has 0 aliphatic heterocycles. The second-order valence-corrected chi connectivity index (χ2v) is 8.17. The Labute approximate surface area is 152 Å². The highest BCUT2D eigenvalue weighted by Crippen LogP contribution is 2.47. The number of ether oxygens (including phenoxy) is 1. The van der Waals surface area contributed by atoms with Crippen molar-refractivity contribution in [3.63, 3.8) is 0 Å². The van der Waals surface area contributed by atoms with E-state index in [4.69, 9.17) is 14.3 Å². The maximum atomic E-state index is 12.9. The fourth-order valence-corrected chi connectivity index (χ4v) is 4.70. The van der Waals surface area contributed by atoms with Crippen molar-refractivity contribution in [2.45, 2.75) is 44.0 Å². The van der Waals surface area contributed by atoms with E-state index in [1.54, 1.807) is 27.0 Å². The normalized spacial score (nSPS) is 14.4. The van der Waals surface area contributed by atoms with E-state index in [1.165, 1.54) is 6.07 Å². The van der Waals surface area contributed by atoms with Crippen LogP contribution in [0.5, 0.6) is 5.75 Å². The van der Waals surface area contributed by atoms with Gasteiger partial charge in [-0.1, -0.05) is 0 Å². The SMILES string of the molecule is COc1cc(C)c(S(=O)(=O)NCc2cc(C(=O)O)co2)c(C)c1C1CC1. The molecule has 1 aromatic heterocycles. The van der Waals surface area contributed by atoms with Crippen molar-refractivity contribution in [2.75, 3.05) is 7.11 Å². The first-order valence-electron chi connectivity index (χ1n) is 8.23. The number of methoxy groups -OCH3 is 1. The van der Waals surface area contributed by atoms with Gasteiger partial charge < -0.3 is 14.3 Å². The summed E-state index contributed by atoms with van der Waals surface area (Å²) in [4.78, 5) is 11.1. The van der Waals surface area contributed by atoms with Crippen LogP contribution in [0, 0.1) is 13.8 Å². The molecule has 0 amide bonds. The molecular weight excluding hydrogens is 358 g/mol. The second kappa shape index (κ2) is 6.77. The van der Waals surface area contributed by atoms with Gasteiger partial charge >= 0.3 is 5.97 Å². The highest BCUT2D eigenvalue weighted by molar-refractivity contribution is 7.89. The van der Waals surface area contributed by atoms with Crippen molar-refractivity contribution < 1.29 is 27.5 Å². The van der Waals surface area contributed by atoms with Crippen LogP contribution in [-0.4, -0.2) is 26.6 Å². The average Bonchev–Trinajstić information content (AvgIpc) is 3.27. The minimum atomic E-state index is -3.80. The maximum Gasteiger partial charge on any atom is 0.338 e. The van der Waals surface area contributed by atoms with Crippen molar-refractivity contribution in [2.24, 2.45) is 0 Å². The smallest absolute Gasteiger partial charge is 0.338 e. The van der Waals surface area contributed by atoms with Crippen LogP contribution in [-0.2, 0) is 16.6 Å². The van der Waals surface area contributed by atoms with Crippen molar-refractivity contribution in [1.82, 2.24) is 4.72 Å². The molecular formula is C18H21NO6S. The van der Waals surface area contributed by atoms with Crippen molar-refractivity contribution in [3.8, 4) is 5.75 Å². The average molecular weight is 379 g/mol. The van der Waals surface area contributed by atoms with E-state index in [9.17, 15) is 13.2 Å². The van der Waals surface area contributed by atoms with Gasteiger partial charge in [0.05, 0.1) is 24.1 Å². The fraction of sp³-hybridized carbons (Fsp3) is 0.389. The molecule has 0 unspecified atom stereocenters. The third-order valence-electron chi connectivity index (χ3n) is 4.53. The van der Waals surface area contributed by atoms with Crippen LogP contribution in [0.25, 0.3) is 0 Å². The zero-order valence-corrected chi connectivity index (χ0v) is 15.6. The number of aryl methyl sites for hydroxylation is 1. The molecule has 7 nitrogen and oxygen atoms in total. The minimum Gasteiger partial charge on any atom is -0.496 e. The predicted molar refractivity (Wildman–Crippen MR) is 94.1 cm³/mol. The minimum absolute atomic E-state index is 0.0213. The molecule has 1 aromatic carbocycles. The first kappa shape index (κ1) is 18.5. The van der Waals surface area contributed by atoms with Gasteiger partial charge in [0.2, 0.25) is 10.0 Å². The van der Waals surface area contributed by atoms with Crippen LogP contribution in [0.15, 0.2) is 27.7 Å². The van der Waals surface area contributed by atoms with Crippen molar-refractivity contribution in [3.05, 3.63) is 46.4 Å². The Kier molecular flexibility index (Phi) is 4.81. The monoisotopic (exact) mass is 379 g/mol. The lowest BCUT2D eigenvalue weighted by atomic mass is 10.0.